The Morgan fingerprint density at radius 2 is 2.11 bits per heavy atom. The van der Waals surface area contributed by atoms with E-state index in [0.29, 0.717) is 12.6 Å². The molecule has 1 unspecified atom stereocenters. The molecule has 1 saturated heterocycles. The lowest BCUT2D eigenvalue weighted by molar-refractivity contribution is -0.146. The van der Waals surface area contributed by atoms with Crippen LogP contribution in [0.25, 0.3) is 0 Å². The van der Waals surface area contributed by atoms with Crippen molar-refractivity contribution in [2.45, 2.75) is 38.3 Å². The van der Waals surface area contributed by atoms with Crippen LogP contribution in [0, 0.1) is 0 Å². The Morgan fingerprint density at radius 1 is 1.32 bits per heavy atom. The Bertz CT molecular complexity index is 294. The summed E-state index contributed by atoms with van der Waals surface area (Å²) < 4.78 is 5.19. The minimum absolute atomic E-state index is 0.0907. The lowest BCUT2D eigenvalue weighted by atomic mass is 10.2. The molecule has 0 aromatic carbocycles. The molecule has 2 fully saturated rings. The Hall–Kier alpha value is -0.650. The van der Waals surface area contributed by atoms with E-state index in [1.54, 1.807) is 0 Å². The van der Waals surface area contributed by atoms with Gasteiger partial charge in [0.2, 0.25) is 0 Å². The van der Waals surface area contributed by atoms with Crippen LogP contribution < -0.4 is 5.32 Å². The van der Waals surface area contributed by atoms with E-state index in [2.05, 4.69) is 22.2 Å². The molecule has 0 spiro atoms. The van der Waals surface area contributed by atoms with E-state index in [4.69, 9.17) is 4.74 Å². The third kappa shape index (κ3) is 5.09. The maximum absolute atomic E-state index is 12.0. The summed E-state index contributed by atoms with van der Waals surface area (Å²) in [4.78, 5) is 16.8. The van der Waals surface area contributed by atoms with Crippen molar-refractivity contribution in [3.8, 4) is 0 Å². The normalized spacial score (nSPS) is 23.9. The van der Waals surface area contributed by atoms with Crippen molar-refractivity contribution in [3.05, 3.63) is 0 Å². The van der Waals surface area contributed by atoms with Crippen LogP contribution >= 0.6 is 0 Å². The summed E-state index contributed by atoms with van der Waals surface area (Å²) in [7, 11) is 2.16. The summed E-state index contributed by atoms with van der Waals surface area (Å²) >= 11 is 0. The smallest absolute Gasteiger partial charge is 0.324 e. The summed E-state index contributed by atoms with van der Waals surface area (Å²) in [6.45, 7) is 7.46. The highest BCUT2D eigenvalue weighted by Gasteiger charge is 2.30. The van der Waals surface area contributed by atoms with Crippen LogP contribution in [0.3, 0.4) is 0 Å². The fourth-order valence-electron chi connectivity index (χ4n) is 2.51. The van der Waals surface area contributed by atoms with Crippen molar-refractivity contribution in [1.82, 2.24) is 15.1 Å². The minimum Gasteiger partial charge on any atom is -0.465 e. The lowest BCUT2D eigenvalue weighted by Crippen LogP contribution is -2.48. The molecule has 19 heavy (non-hydrogen) atoms. The molecule has 1 aliphatic carbocycles. The van der Waals surface area contributed by atoms with Crippen molar-refractivity contribution < 1.29 is 9.53 Å². The highest BCUT2D eigenvalue weighted by molar-refractivity contribution is 5.76. The van der Waals surface area contributed by atoms with Crippen LogP contribution in [0.15, 0.2) is 0 Å². The second kappa shape index (κ2) is 7.22. The summed E-state index contributed by atoms with van der Waals surface area (Å²) in [5, 5.41) is 3.42. The first-order chi connectivity index (χ1) is 9.19. The third-order valence-electron chi connectivity index (χ3n) is 3.84. The summed E-state index contributed by atoms with van der Waals surface area (Å²) in [6.07, 6.45) is 3.56. The van der Waals surface area contributed by atoms with E-state index in [9.17, 15) is 4.79 Å². The first-order valence-electron chi connectivity index (χ1n) is 7.52. The van der Waals surface area contributed by atoms with E-state index in [-0.39, 0.29) is 12.0 Å². The number of carbonyl (C=O) groups excluding carboxylic acids is 1. The van der Waals surface area contributed by atoms with Crippen LogP contribution in [-0.4, -0.2) is 74.2 Å². The molecule has 110 valence electrons. The highest BCUT2D eigenvalue weighted by Crippen LogP contribution is 2.20. The quantitative estimate of drug-likeness (QED) is 0.703. The van der Waals surface area contributed by atoms with Gasteiger partial charge in [-0.1, -0.05) is 0 Å². The van der Waals surface area contributed by atoms with Crippen LogP contribution in [0.2, 0.25) is 0 Å². The Kier molecular flexibility index (Phi) is 5.60. The lowest BCUT2D eigenvalue weighted by Gasteiger charge is -2.25. The van der Waals surface area contributed by atoms with Crippen molar-refractivity contribution >= 4 is 5.97 Å². The predicted molar refractivity (Wildman–Crippen MR) is 75.1 cm³/mol. The van der Waals surface area contributed by atoms with Gasteiger partial charge in [-0.2, -0.15) is 0 Å². The third-order valence-corrected chi connectivity index (χ3v) is 3.84. The van der Waals surface area contributed by atoms with Gasteiger partial charge in [-0.3, -0.25) is 9.69 Å². The van der Waals surface area contributed by atoms with Crippen molar-refractivity contribution in [2.75, 3.05) is 46.4 Å². The number of esters is 1. The van der Waals surface area contributed by atoms with E-state index >= 15 is 0 Å². The zero-order valence-electron chi connectivity index (χ0n) is 12.2. The summed E-state index contributed by atoms with van der Waals surface area (Å²) in [6, 6.07) is 0.375. The standard InChI is InChI=1S/C14H27N3O2/c1-3-19-14(18)13(15-12-5-6-12)11-17-8-4-7-16(2)9-10-17/h12-13,15H,3-11H2,1-2H3. The van der Waals surface area contributed by atoms with Gasteiger partial charge < -0.3 is 15.0 Å². The monoisotopic (exact) mass is 269 g/mol. The van der Waals surface area contributed by atoms with E-state index in [1.807, 2.05) is 6.92 Å². The Labute approximate surface area is 116 Å². The van der Waals surface area contributed by atoms with Gasteiger partial charge in [-0.15, -0.1) is 0 Å². The Balaban J connectivity index is 1.84. The number of hydrogen-bond donors (Lipinski definition) is 1. The van der Waals surface area contributed by atoms with Crippen LogP contribution in [0.5, 0.6) is 0 Å². The van der Waals surface area contributed by atoms with Gasteiger partial charge in [0.1, 0.15) is 6.04 Å². The van der Waals surface area contributed by atoms with Crippen molar-refractivity contribution in [2.24, 2.45) is 0 Å². The fraction of sp³-hybridized carbons (Fsp3) is 0.929. The number of ether oxygens (including phenoxy) is 1. The SMILES string of the molecule is CCOC(=O)C(CN1CCCN(C)CC1)NC1CC1. The number of nitrogens with zero attached hydrogens (tertiary/aromatic N) is 2. The zero-order chi connectivity index (χ0) is 13.7. The minimum atomic E-state index is -0.157. The molecule has 1 saturated carbocycles. The molecule has 0 aromatic heterocycles. The summed E-state index contributed by atoms with van der Waals surface area (Å²) in [5.41, 5.74) is 0. The average molecular weight is 269 g/mol. The topological polar surface area (TPSA) is 44.8 Å². The second-order valence-electron chi connectivity index (χ2n) is 5.70. The molecule has 1 atom stereocenters. The summed E-state index contributed by atoms with van der Waals surface area (Å²) in [5.74, 6) is -0.0907. The average Bonchev–Trinajstić information content (AvgIpc) is 3.19. The maximum atomic E-state index is 12.0. The molecule has 1 N–H and O–H groups in total. The number of rotatable bonds is 6. The van der Waals surface area contributed by atoms with Gasteiger partial charge in [0.05, 0.1) is 6.61 Å². The van der Waals surface area contributed by atoms with Gasteiger partial charge >= 0.3 is 5.97 Å². The number of nitrogens with one attached hydrogen (secondary N) is 1. The maximum Gasteiger partial charge on any atom is 0.324 e. The molecule has 1 heterocycles. The zero-order valence-corrected chi connectivity index (χ0v) is 12.2. The number of likely N-dealkylation sites (N-methyl/N-ethyl adjacent to an activating group) is 1. The second-order valence-corrected chi connectivity index (χ2v) is 5.70. The molecular formula is C14H27N3O2. The first-order valence-corrected chi connectivity index (χ1v) is 7.52. The van der Waals surface area contributed by atoms with Crippen molar-refractivity contribution in [3.63, 3.8) is 0 Å². The van der Waals surface area contributed by atoms with Crippen molar-refractivity contribution in [1.29, 1.82) is 0 Å². The van der Waals surface area contributed by atoms with Gasteiger partial charge in [0.15, 0.2) is 0 Å². The predicted octanol–water partition coefficient (Wildman–Crippen LogP) is 0.308. The number of carbonyl (C=O) groups is 1. The largest absolute Gasteiger partial charge is 0.465 e. The highest BCUT2D eigenvalue weighted by atomic mass is 16.5. The van der Waals surface area contributed by atoms with Gasteiger partial charge in [-0.25, -0.2) is 0 Å². The molecule has 0 aromatic rings. The molecule has 5 nitrogen and oxygen atoms in total. The van der Waals surface area contributed by atoms with E-state index in [0.717, 1.165) is 32.7 Å². The van der Waals surface area contributed by atoms with Crippen LogP contribution in [0.1, 0.15) is 26.2 Å². The molecular weight excluding hydrogens is 242 g/mol. The molecule has 2 rings (SSSR count). The number of hydrogen-bond acceptors (Lipinski definition) is 5. The van der Waals surface area contributed by atoms with E-state index < -0.39 is 0 Å². The van der Waals surface area contributed by atoms with Crippen LogP contribution in [-0.2, 0) is 9.53 Å². The van der Waals surface area contributed by atoms with Gasteiger partial charge in [0.25, 0.3) is 0 Å². The fourth-order valence-corrected chi connectivity index (χ4v) is 2.51. The van der Waals surface area contributed by atoms with Gasteiger partial charge in [0, 0.05) is 25.7 Å². The first kappa shape index (κ1) is 14.8. The molecule has 0 bridgehead atoms. The molecule has 0 amide bonds. The Morgan fingerprint density at radius 3 is 2.79 bits per heavy atom. The van der Waals surface area contributed by atoms with E-state index in [1.165, 1.54) is 19.3 Å². The molecule has 0 radical (unpaired) electrons. The molecule has 5 heteroatoms. The van der Waals surface area contributed by atoms with Crippen LogP contribution in [0.4, 0.5) is 0 Å². The molecule has 2 aliphatic rings. The van der Waals surface area contributed by atoms with Gasteiger partial charge in [-0.05, 0) is 46.3 Å². The molecule has 1 aliphatic heterocycles.